The molecule has 0 saturated carbocycles. The van der Waals surface area contributed by atoms with Gasteiger partial charge in [-0.1, -0.05) is 12.1 Å². The molecule has 1 unspecified atom stereocenters. The van der Waals surface area contributed by atoms with Gasteiger partial charge in [-0.25, -0.2) is 14.8 Å². The number of ether oxygens (including phenoxy) is 2. The van der Waals surface area contributed by atoms with Gasteiger partial charge in [0.2, 0.25) is 0 Å². The first-order valence-electron chi connectivity index (χ1n) is 10.3. The molecule has 1 aromatic heterocycles. The van der Waals surface area contributed by atoms with E-state index in [2.05, 4.69) is 20.9 Å². The monoisotopic (exact) mass is 432 g/mol. The van der Waals surface area contributed by atoms with Gasteiger partial charge in [-0.15, -0.1) is 0 Å². The van der Waals surface area contributed by atoms with Crippen LogP contribution in [-0.2, 0) is 4.74 Å². The molecule has 0 radical (unpaired) electrons. The normalized spacial score (nSPS) is 16.1. The highest BCUT2D eigenvalue weighted by Crippen LogP contribution is 2.34. The van der Waals surface area contributed by atoms with Crippen molar-refractivity contribution in [3.05, 3.63) is 59.9 Å². The fraction of sp³-hybridized carbons (Fsp3) is 0.304. The van der Waals surface area contributed by atoms with E-state index >= 15 is 0 Å². The van der Waals surface area contributed by atoms with Crippen molar-refractivity contribution in [1.29, 1.82) is 5.26 Å². The summed E-state index contributed by atoms with van der Waals surface area (Å²) in [7, 11) is 1.63. The van der Waals surface area contributed by atoms with E-state index in [1.807, 2.05) is 30.3 Å². The third-order valence-electron chi connectivity index (χ3n) is 5.53. The van der Waals surface area contributed by atoms with Crippen LogP contribution in [0, 0.1) is 11.3 Å². The second-order valence-corrected chi connectivity index (χ2v) is 7.44. The molecular formula is C23H24N6O3. The average molecular weight is 432 g/mol. The molecule has 0 aliphatic carbocycles. The summed E-state index contributed by atoms with van der Waals surface area (Å²) in [6.07, 6.45) is 1.53. The van der Waals surface area contributed by atoms with Crippen LogP contribution in [0.5, 0.6) is 5.75 Å². The number of amides is 2. The van der Waals surface area contributed by atoms with Gasteiger partial charge in [0.1, 0.15) is 24.5 Å². The third kappa shape index (κ3) is 4.40. The van der Waals surface area contributed by atoms with Crippen molar-refractivity contribution in [1.82, 2.24) is 14.9 Å². The quantitative estimate of drug-likeness (QED) is 0.595. The molecule has 9 heteroatoms. The lowest BCUT2D eigenvalue weighted by atomic mass is 10.0. The Kier molecular flexibility index (Phi) is 6.33. The summed E-state index contributed by atoms with van der Waals surface area (Å²) in [6, 6.07) is 14.6. The molecule has 0 bridgehead atoms. The van der Waals surface area contributed by atoms with Crippen molar-refractivity contribution >= 4 is 22.8 Å². The number of nitrogens with zero attached hydrogens (tertiary/aromatic N) is 5. The number of nitriles is 1. The van der Waals surface area contributed by atoms with E-state index in [4.69, 9.17) is 20.5 Å². The number of carbonyl (C=O) groups is 1. The maximum absolute atomic E-state index is 11.9. The number of carbonyl (C=O) groups excluding carboxylic acids is 1. The number of rotatable bonds is 6. The molecule has 2 heterocycles. The van der Waals surface area contributed by atoms with Gasteiger partial charge in [0.05, 0.1) is 29.8 Å². The van der Waals surface area contributed by atoms with Crippen LogP contribution in [0.1, 0.15) is 17.2 Å². The minimum Gasteiger partial charge on any atom is -0.491 e. The molecule has 1 aliphatic rings. The molecule has 2 amide bonds. The molecule has 1 fully saturated rings. The van der Waals surface area contributed by atoms with E-state index in [1.54, 1.807) is 24.1 Å². The summed E-state index contributed by atoms with van der Waals surface area (Å²) >= 11 is 0. The maximum atomic E-state index is 11.9. The Hall–Kier alpha value is -3.90. The summed E-state index contributed by atoms with van der Waals surface area (Å²) in [5, 5.41) is 10.0. The van der Waals surface area contributed by atoms with E-state index in [-0.39, 0.29) is 6.04 Å². The summed E-state index contributed by atoms with van der Waals surface area (Å²) in [5.74, 6) is 1.48. The Labute approximate surface area is 186 Å². The molecule has 0 spiro atoms. The topological polar surface area (TPSA) is 118 Å². The van der Waals surface area contributed by atoms with E-state index in [0.717, 1.165) is 22.3 Å². The smallest absolute Gasteiger partial charge is 0.314 e. The first-order valence-corrected chi connectivity index (χ1v) is 10.3. The van der Waals surface area contributed by atoms with Crippen LogP contribution in [-0.4, -0.2) is 60.9 Å². The maximum Gasteiger partial charge on any atom is 0.314 e. The molecule has 4 rings (SSSR count). The highest BCUT2D eigenvalue weighted by molar-refractivity contribution is 5.90. The van der Waals surface area contributed by atoms with Gasteiger partial charge in [0, 0.05) is 38.2 Å². The second-order valence-electron chi connectivity index (χ2n) is 7.44. The molecule has 2 aromatic carbocycles. The number of hydrogen-bond donors (Lipinski definition) is 1. The van der Waals surface area contributed by atoms with Crippen LogP contribution in [0.3, 0.4) is 0 Å². The minimum absolute atomic E-state index is 0.167. The van der Waals surface area contributed by atoms with Crippen LogP contribution in [0.25, 0.3) is 10.9 Å². The third-order valence-corrected chi connectivity index (χ3v) is 5.53. The van der Waals surface area contributed by atoms with Crippen molar-refractivity contribution in [3.8, 4) is 11.8 Å². The molecule has 9 nitrogen and oxygen atoms in total. The standard InChI is InChI=1S/C23H24N6O3/c1-31-10-11-32-18-6-7-19-20(12-18)26-15-27-22(19)29-9-8-28(23(25)30)14-21(29)17-4-2-16(13-24)3-5-17/h2-7,12,15,21H,8-11,14H2,1H3,(H2,25,30). The molecular weight excluding hydrogens is 408 g/mol. The Balaban J connectivity index is 1.70. The largest absolute Gasteiger partial charge is 0.491 e. The number of methoxy groups -OCH3 is 1. The second kappa shape index (κ2) is 9.49. The Bertz CT molecular complexity index is 1140. The Morgan fingerprint density at radius 1 is 1.19 bits per heavy atom. The molecule has 164 valence electrons. The van der Waals surface area contributed by atoms with Crippen LogP contribution in [0.2, 0.25) is 0 Å². The number of aromatic nitrogens is 2. The zero-order valence-electron chi connectivity index (χ0n) is 17.8. The van der Waals surface area contributed by atoms with Crippen molar-refractivity contribution < 1.29 is 14.3 Å². The summed E-state index contributed by atoms with van der Waals surface area (Å²) in [5.41, 5.74) is 7.89. The predicted octanol–water partition coefficient (Wildman–Crippen LogP) is 2.47. The molecule has 32 heavy (non-hydrogen) atoms. The number of fused-ring (bicyclic) bond motifs is 1. The van der Waals surface area contributed by atoms with Crippen molar-refractivity contribution in [2.75, 3.05) is 44.9 Å². The van der Waals surface area contributed by atoms with E-state index in [1.165, 1.54) is 6.33 Å². The lowest BCUT2D eigenvalue weighted by molar-refractivity contribution is 0.146. The van der Waals surface area contributed by atoms with Crippen LogP contribution < -0.4 is 15.4 Å². The molecule has 1 saturated heterocycles. The molecule has 2 N–H and O–H groups in total. The number of urea groups is 1. The zero-order valence-corrected chi connectivity index (χ0v) is 17.8. The lowest BCUT2D eigenvalue weighted by Gasteiger charge is -2.42. The average Bonchev–Trinajstić information content (AvgIpc) is 2.83. The Morgan fingerprint density at radius 3 is 2.72 bits per heavy atom. The number of nitrogens with two attached hydrogens (primary N) is 1. The first kappa shape index (κ1) is 21.3. The van der Waals surface area contributed by atoms with Gasteiger partial charge in [0.15, 0.2) is 0 Å². The van der Waals surface area contributed by atoms with Gasteiger partial charge in [-0.3, -0.25) is 0 Å². The van der Waals surface area contributed by atoms with Crippen LogP contribution in [0.4, 0.5) is 10.6 Å². The van der Waals surface area contributed by atoms with Gasteiger partial charge < -0.3 is 25.0 Å². The fourth-order valence-corrected chi connectivity index (χ4v) is 3.89. The van der Waals surface area contributed by atoms with Gasteiger partial charge >= 0.3 is 6.03 Å². The van der Waals surface area contributed by atoms with Crippen LogP contribution >= 0.6 is 0 Å². The first-order chi connectivity index (χ1) is 15.6. The lowest BCUT2D eigenvalue weighted by Crippen LogP contribution is -2.52. The van der Waals surface area contributed by atoms with Gasteiger partial charge in [-0.05, 0) is 29.8 Å². The Morgan fingerprint density at radius 2 is 2.00 bits per heavy atom. The van der Waals surface area contributed by atoms with Crippen LogP contribution in [0.15, 0.2) is 48.8 Å². The number of anilines is 1. The highest BCUT2D eigenvalue weighted by atomic mass is 16.5. The van der Waals surface area contributed by atoms with Crippen molar-refractivity contribution in [3.63, 3.8) is 0 Å². The molecule has 1 atom stereocenters. The number of hydrogen-bond acceptors (Lipinski definition) is 7. The number of primary amides is 1. The SMILES string of the molecule is COCCOc1ccc2c(N3CCN(C(N)=O)CC3c3ccc(C#N)cc3)ncnc2c1. The summed E-state index contributed by atoms with van der Waals surface area (Å²) in [6.45, 7) is 2.43. The summed E-state index contributed by atoms with van der Waals surface area (Å²) in [4.78, 5) is 24.7. The fourth-order valence-electron chi connectivity index (χ4n) is 3.89. The molecule has 3 aromatic rings. The van der Waals surface area contributed by atoms with Crippen molar-refractivity contribution in [2.45, 2.75) is 6.04 Å². The van der Waals surface area contributed by atoms with E-state index in [9.17, 15) is 4.79 Å². The zero-order chi connectivity index (χ0) is 22.5. The minimum atomic E-state index is -0.450. The summed E-state index contributed by atoms with van der Waals surface area (Å²) < 4.78 is 10.7. The van der Waals surface area contributed by atoms with Gasteiger partial charge in [0.25, 0.3) is 0 Å². The van der Waals surface area contributed by atoms with Gasteiger partial charge in [-0.2, -0.15) is 5.26 Å². The van der Waals surface area contributed by atoms with E-state index in [0.29, 0.717) is 44.2 Å². The predicted molar refractivity (Wildman–Crippen MR) is 119 cm³/mol. The van der Waals surface area contributed by atoms with Crippen molar-refractivity contribution in [2.24, 2.45) is 5.73 Å². The van der Waals surface area contributed by atoms with E-state index < -0.39 is 6.03 Å². The number of piperazine rings is 1. The number of benzene rings is 2. The highest BCUT2D eigenvalue weighted by Gasteiger charge is 2.31. The molecule has 1 aliphatic heterocycles.